The standard InChI is InChI=1S/C13H18N6O/c1-3-15-12-8-14-7-11(18-12)13(20)17-10(2)9-19-6-4-5-16-19/h4-8,10H,3,9H2,1-2H3,(H,15,18)(H,17,20). The predicted octanol–water partition coefficient (Wildman–Crippen LogP) is 0.923. The molecule has 2 rings (SSSR count). The zero-order chi connectivity index (χ0) is 14.4. The van der Waals surface area contributed by atoms with Crippen LogP contribution < -0.4 is 10.6 Å². The average Bonchev–Trinajstić information content (AvgIpc) is 2.92. The topological polar surface area (TPSA) is 84.7 Å². The Bertz CT molecular complexity index is 554. The average molecular weight is 274 g/mol. The van der Waals surface area contributed by atoms with E-state index in [2.05, 4.69) is 25.7 Å². The summed E-state index contributed by atoms with van der Waals surface area (Å²) < 4.78 is 1.77. The third-order valence-electron chi connectivity index (χ3n) is 2.62. The SMILES string of the molecule is CCNc1cncc(C(=O)NC(C)Cn2cccn2)n1. The molecule has 7 heteroatoms. The smallest absolute Gasteiger partial charge is 0.271 e. The lowest BCUT2D eigenvalue weighted by molar-refractivity contribution is 0.0930. The second kappa shape index (κ2) is 6.65. The molecule has 0 fully saturated rings. The fourth-order valence-corrected chi connectivity index (χ4v) is 1.77. The molecule has 2 heterocycles. The van der Waals surface area contributed by atoms with Gasteiger partial charge in [0.15, 0.2) is 0 Å². The van der Waals surface area contributed by atoms with E-state index >= 15 is 0 Å². The molecule has 0 aliphatic carbocycles. The summed E-state index contributed by atoms with van der Waals surface area (Å²) in [5, 5.41) is 10.0. The first-order chi connectivity index (χ1) is 9.69. The first-order valence-corrected chi connectivity index (χ1v) is 6.53. The van der Waals surface area contributed by atoms with Crippen molar-refractivity contribution in [2.45, 2.75) is 26.4 Å². The van der Waals surface area contributed by atoms with Gasteiger partial charge >= 0.3 is 0 Å². The van der Waals surface area contributed by atoms with E-state index < -0.39 is 0 Å². The van der Waals surface area contributed by atoms with Crippen LogP contribution in [0.5, 0.6) is 0 Å². The third-order valence-corrected chi connectivity index (χ3v) is 2.62. The molecule has 20 heavy (non-hydrogen) atoms. The Hall–Kier alpha value is -2.44. The largest absolute Gasteiger partial charge is 0.369 e. The highest BCUT2D eigenvalue weighted by atomic mass is 16.1. The first kappa shape index (κ1) is 14.0. The Balaban J connectivity index is 1.95. The minimum atomic E-state index is -0.239. The summed E-state index contributed by atoms with van der Waals surface area (Å²) in [6.45, 7) is 5.22. The van der Waals surface area contributed by atoms with Crippen molar-refractivity contribution in [3.8, 4) is 0 Å². The molecule has 2 aromatic rings. The number of hydrogen-bond donors (Lipinski definition) is 2. The van der Waals surface area contributed by atoms with Crippen molar-refractivity contribution in [3.05, 3.63) is 36.5 Å². The minimum Gasteiger partial charge on any atom is -0.369 e. The number of anilines is 1. The second-order valence-electron chi connectivity index (χ2n) is 4.42. The van der Waals surface area contributed by atoms with Gasteiger partial charge < -0.3 is 10.6 Å². The maximum atomic E-state index is 12.1. The Labute approximate surface area is 117 Å². The van der Waals surface area contributed by atoms with Crippen molar-refractivity contribution in [2.75, 3.05) is 11.9 Å². The number of aromatic nitrogens is 4. The van der Waals surface area contributed by atoms with Crippen LogP contribution in [0.2, 0.25) is 0 Å². The summed E-state index contributed by atoms with van der Waals surface area (Å²) in [4.78, 5) is 20.3. The van der Waals surface area contributed by atoms with Crippen LogP contribution in [-0.2, 0) is 6.54 Å². The lowest BCUT2D eigenvalue weighted by atomic mass is 10.3. The van der Waals surface area contributed by atoms with Crippen LogP contribution in [0.4, 0.5) is 5.82 Å². The first-order valence-electron chi connectivity index (χ1n) is 6.53. The normalized spacial score (nSPS) is 11.9. The molecule has 0 aromatic carbocycles. The van der Waals surface area contributed by atoms with Gasteiger partial charge in [-0.1, -0.05) is 0 Å². The van der Waals surface area contributed by atoms with E-state index in [1.54, 1.807) is 17.1 Å². The van der Waals surface area contributed by atoms with Gasteiger partial charge in [0.1, 0.15) is 11.5 Å². The summed E-state index contributed by atoms with van der Waals surface area (Å²) in [6, 6.07) is 1.80. The van der Waals surface area contributed by atoms with Crippen molar-refractivity contribution < 1.29 is 4.79 Å². The zero-order valence-corrected chi connectivity index (χ0v) is 11.6. The lowest BCUT2D eigenvalue weighted by Gasteiger charge is -2.13. The molecule has 1 amide bonds. The summed E-state index contributed by atoms with van der Waals surface area (Å²) >= 11 is 0. The van der Waals surface area contributed by atoms with Crippen molar-refractivity contribution >= 4 is 11.7 Å². The summed E-state index contributed by atoms with van der Waals surface area (Å²) in [5.41, 5.74) is 0.302. The number of rotatable bonds is 6. The molecule has 0 saturated carbocycles. The van der Waals surface area contributed by atoms with Gasteiger partial charge in [0.25, 0.3) is 5.91 Å². The maximum absolute atomic E-state index is 12.1. The number of hydrogen-bond acceptors (Lipinski definition) is 5. The van der Waals surface area contributed by atoms with Crippen molar-refractivity contribution in [3.63, 3.8) is 0 Å². The Morgan fingerprint density at radius 2 is 2.30 bits per heavy atom. The van der Waals surface area contributed by atoms with E-state index in [4.69, 9.17) is 0 Å². The van der Waals surface area contributed by atoms with E-state index in [0.29, 0.717) is 18.1 Å². The molecular formula is C13H18N6O. The highest BCUT2D eigenvalue weighted by Crippen LogP contribution is 2.02. The van der Waals surface area contributed by atoms with E-state index in [1.165, 1.54) is 6.20 Å². The number of carbonyl (C=O) groups is 1. The molecule has 0 saturated heterocycles. The molecule has 2 N–H and O–H groups in total. The highest BCUT2D eigenvalue weighted by molar-refractivity contribution is 5.92. The lowest BCUT2D eigenvalue weighted by Crippen LogP contribution is -2.36. The Morgan fingerprint density at radius 1 is 1.45 bits per heavy atom. The van der Waals surface area contributed by atoms with E-state index in [-0.39, 0.29) is 11.9 Å². The van der Waals surface area contributed by atoms with Gasteiger partial charge in [0, 0.05) is 25.0 Å². The molecule has 1 atom stereocenters. The van der Waals surface area contributed by atoms with Gasteiger partial charge in [0.05, 0.1) is 18.9 Å². The second-order valence-corrected chi connectivity index (χ2v) is 4.42. The summed E-state index contributed by atoms with van der Waals surface area (Å²) in [6.07, 6.45) is 6.61. The Kier molecular flexibility index (Phi) is 4.65. The van der Waals surface area contributed by atoms with Gasteiger partial charge in [-0.15, -0.1) is 0 Å². The van der Waals surface area contributed by atoms with Crippen LogP contribution in [0.1, 0.15) is 24.3 Å². The van der Waals surface area contributed by atoms with Crippen LogP contribution >= 0.6 is 0 Å². The zero-order valence-electron chi connectivity index (χ0n) is 11.6. The van der Waals surface area contributed by atoms with Crippen molar-refractivity contribution in [1.82, 2.24) is 25.1 Å². The molecular weight excluding hydrogens is 256 g/mol. The summed E-state index contributed by atoms with van der Waals surface area (Å²) in [5.74, 6) is 0.358. The molecule has 1 unspecified atom stereocenters. The molecule has 106 valence electrons. The van der Waals surface area contributed by atoms with Crippen LogP contribution in [0.3, 0.4) is 0 Å². The fraction of sp³-hybridized carbons (Fsp3) is 0.385. The number of carbonyl (C=O) groups excluding carboxylic acids is 1. The number of nitrogens with zero attached hydrogens (tertiary/aromatic N) is 4. The molecule has 2 aromatic heterocycles. The molecule has 0 aliphatic rings. The molecule has 7 nitrogen and oxygen atoms in total. The minimum absolute atomic E-state index is 0.0491. The number of nitrogens with one attached hydrogen (secondary N) is 2. The molecule has 0 bridgehead atoms. The van der Waals surface area contributed by atoms with Crippen molar-refractivity contribution in [1.29, 1.82) is 0 Å². The molecule has 0 aliphatic heterocycles. The molecule has 0 radical (unpaired) electrons. The van der Waals surface area contributed by atoms with Gasteiger partial charge in [-0.05, 0) is 19.9 Å². The maximum Gasteiger partial charge on any atom is 0.271 e. The van der Waals surface area contributed by atoms with Crippen LogP contribution in [-0.4, -0.2) is 38.2 Å². The van der Waals surface area contributed by atoms with Gasteiger partial charge in [0.2, 0.25) is 0 Å². The molecule has 0 spiro atoms. The monoisotopic (exact) mass is 274 g/mol. The van der Waals surface area contributed by atoms with Gasteiger partial charge in [-0.2, -0.15) is 5.10 Å². The summed E-state index contributed by atoms with van der Waals surface area (Å²) in [7, 11) is 0. The van der Waals surface area contributed by atoms with Crippen LogP contribution in [0, 0.1) is 0 Å². The van der Waals surface area contributed by atoms with E-state index in [1.807, 2.05) is 26.1 Å². The van der Waals surface area contributed by atoms with Crippen LogP contribution in [0.25, 0.3) is 0 Å². The number of amides is 1. The highest BCUT2D eigenvalue weighted by Gasteiger charge is 2.12. The predicted molar refractivity (Wildman–Crippen MR) is 75.4 cm³/mol. The van der Waals surface area contributed by atoms with Crippen LogP contribution in [0.15, 0.2) is 30.9 Å². The van der Waals surface area contributed by atoms with E-state index in [9.17, 15) is 4.79 Å². The Morgan fingerprint density at radius 3 is 3.00 bits per heavy atom. The van der Waals surface area contributed by atoms with E-state index in [0.717, 1.165) is 6.54 Å². The quantitative estimate of drug-likeness (QED) is 0.818. The van der Waals surface area contributed by atoms with Gasteiger partial charge in [-0.3, -0.25) is 14.5 Å². The van der Waals surface area contributed by atoms with Gasteiger partial charge in [-0.25, -0.2) is 4.98 Å². The fourth-order valence-electron chi connectivity index (χ4n) is 1.77. The van der Waals surface area contributed by atoms with Crippen molar-refractivity contribution in [2.24, 2.45) is 0 Å². The third kappa shape index (κ3) is 3.78.